The van der Waals surface area contributed by atoms with Crippen LogP contribution in [-0.4, -0.2) is 10.6 Å². The fraction of sp³-hybridized carbons (Fsp3) is 0.714. The SMILES string of the molecule is C[C@@H](NCc1ccn(C)c1)C1CCCCC1. The van der Waals surface area contributed by atoms with Gasteiger partial charge in [0.1, 0.15) is 0 Å². The Labute approximate surface area is 99.0 Å². The van der Waals surface area contributed by atoms with Gasteiger partial charge < -0.3 is 9.88 Å². The summed E-state index contributed by atoms with van der Waals surface area (Å²) in [5.74, 6) is 0.900. The molecule has 0 radical (unpaired) electrons. The topological polar surface area (TPSA) is 17.0 Å². The monoisotopic (exact) mass is 220 g/mol. The molecule has 0 unspecified atom stereocenters. The van der Waals surface area contributed by atoms with Crippen molar-refractivity contribution >= 4 is 0 Å². The minimum absolute atomic E-state index is 0.667. The lowest BCUT2D eigenvalue weighted by Gasteiger charge is -2.28. The summed E-state index contributed by atoms with van der Waals surface area (Å²) in [6, 6.07) is 2.86. The molecule has 1 aliphatic rings. The highest BCUT2D eigenvalue weighted by Gasteiger charge is 2.19. The normalized spacial score (nSPS) is 19.9. The Morgan fingerprint density at radius 2 is 2.12 bits per heavy atom. The first-order valence-corrected chi connectivity index (χ1v) is 6.60. The van der Waals surface area contributed by atoms with Crippen LogP contribution in [0.4, 0.5) is 0 Å². The molecule has 16 heavy (non-hydrogen) atoms. The van der Waals surface area contributed by atoms with Gasteiger partial charge in [-0.3, -0.25) is 0 Å². The molecule has 1 aromatic heterocycles. The lowest BCUT2D eigenvalue weighted by Crippen LogP contribution is -2.34. The van der Waals surface area contributed by atoms with Crippen molar-refractivity contribution in [2.75, 3.05) is 0 Å². The largest absolute Gasteiger partial charge is 0.357 e. The van der Waals surface area contributed by atoms with Gasteiger partial charge in [0.2, 0.25) is 0 Å². The average Bonchev–Trinajstić information content (AvgIpc) is 2.73. The lowest BCUT2D eigenvalue weighted by molar-refractivity contribution is 0.280. The van der Waals surface area contributed by atoms with Crippen LogP contribution >= 0.6 is 0 Å². The van der Waals surface area contributed by atoms with Crippen molar-refractivity contribution in [2.45, 2.75) is 51.6 Å². The zero-order valence-corrected chi connectivity index (χ0v) is 10.6. The molecule has 1 heterocycles. The smallest absolute Gasteiger partial charge is 0.0223 e. The summed E-state index contributed by atoms with van der Waals surface area (Å²) in [6.07, 6.45) is 11.5. The number of aryl methyl sites for hydroxylation is 1. The third-order valence-corrected chi connectivity index (χ3v) is 3.88. The first kappa shape index (κ1) is 11.7. The standard InChI is InChI=1S/C14H24N2/c1-12(14-6-4-3-5-7-14)15-10-13-8-9-16(2)11-13/h8-9,11-12,14-15H,3-7,10H2,1-2H3/t12-/m1/s1. The number of hydrogen-bond donors (Lipinski definition) is 1. The van der Waals surface area contributed by atoms with Gasteiger partial charge in [0.15, 0.2) is 0 Å². The van der Waals surface area contributed by atoms with Crippen LogP contribution < -0.4 is 5.32 Å². The molecule has 90 valence electrons. The molecule has 0 spiro atoms. The molecule has 1 aliphatic carbocycles. The van der Waals surface area contributed by atoms with E-state index < -0.39 is 0 Å². The van der Waals surface area contributed by atoms with Crippen LogP contribution in [0.3, 0.4) is 0 Å². The summed E-state index contributed by atoms with van der Waals surface area (Å²) < 4.78 is 2.11. The van der Waals surface area contributed by atoms with Gasteiger partial charge >= 0.3 is 0 Å². The van der Waals surface area contributed by atoms with Crippen LogP contribution in [0.1, 0.15) is 44.6 Å². The molecule has 0 amide bonds. The molecule has 0 bridgehead atoms. The van der Waals surface area contributed by atoms with Crippen molar-refractivity contribution in [3.05, 3.63) is 24.0 Å². The van der Waals surface area contributed by atoms with E-state index in [1.165, 1.54) is 37.7 Å². The van der Waals surface area contributed by atoms with Crippen LogP contribution in [0.25, 0.3) is 0 Å². The minimum atomic E-state index is 0.667. The molecule has 0 saturated heterocycles. The zero-order chi connectivity index (χ0) is 11.4. The molecule has 2 nitrogen and oxygen atoms in total. The Bertz CT molecular complexity index is 310. The fourth-order valence-corrected chi connectivity index (χ4v) is 2.75. The highest BCUT2D eigenvalue weighted by molar-refractivity contribution is 5.09. The predicted octanol–water partition coefficient (Wildman–Crippen LogP) is 3.08. The molecular formula is C14H24N2. The number of rotatable bonds is 4. The second kappa shape index (κ2) is 5.53. The molecule has 2 rings (SSSR count). The van der Waals surface area contributed by atoms with E-state index in [-0.39, 0.29) is 0 Å². The van der Waals surface area contributed by atoms with Crippen molar-refractivity contribution in [3.8, 4) is 0 Å². The van der Waals surface area contributed by atoms with E-state index in [2.05, 4.69) is 42.3 Å². The first-order valence-electron chi connectivity index (χ1n) is 6.60. The molecule has 1 aromatic rings. The Morgan fingerprint density at radius 1 is 1.38 bits per heavy atom. The average molecular weight is 220 g/mol. The van der Waals surface area contributed by atoms with Crippen LogP contribution in [0, 0.1) is 5.92 Å². The van der Waals surface area contributed by atoms with E-state index in [1.807, 2.05) is 0 Å². The molecule has 0 aliphatic heterocycles. The molecule has 1 atom stereocenters. The predicted molar refractivity (Wildman–Crippen MR) is 68.3 cm³/mol. The van der Waals surface area contributed by atoms with Gasteiger partial charge in [0, 0.05) is 32.0 Å². The second-order valence-electron chi connectivity index (χ2n) is 5.25. The van der Waals surface area contributed by atoms with E-state index in [1.54, 1.807) is 0 Å². The molecular weight excluding hydrogens is 196 g/mol. The van der Waals surface area contributed by atoms with Gasteiger partial charge in [-0.05, 0) is 37.3 Å². The van der Waals surface area contributed by atoms with Crippen molar-refractivity contribution in [1.29, 1.82) is 0 Å². The van der Waals surface area contributed by atoms with Gasteiger partial charge in [-0.2, -0.15) is 0 Å². The van der Waals surface area contributed by atoms with Crippen molar-refractivity contribution in [2.24, 2.45) is 13.0 Å². The van der Waals surface area contributed by atoms with Gasteiger partial charge in [0.05, 0.1) is 0 Å². The van der Waals surface area contributed by atoms with Crippen LogP contribution in [0.15, 0.2) is 18.5 Å². The minimum Gasteiger partial charge on any atom is -0.357 e. The third kappa shape index (κ3) is 3.11. The zero-order valence-electron chi connectivity index (χ0n) is 10.6. The van der Waals surface area contributed by atoms with Crippen LogP contribution in [0.5, 0.6) is 0 Å². The molecule has 2 heteroatoms. The summed E-state index contributed by atoms with van der Waals surface area (Å²) in [5, 5.41) is 3.67. The first-order chi connectivity index (χ1) is 7.75. The number of hydrogen-bond acceptors (Lipinski definition) is 1. The van der Waals surface area contributed by atoms with Gasteiger partial charge in [-0.1, -0.05) is 19.3 Å². The summed E-state index contributed by atoms with van der Waals surface area (Å²) in [4.78, 5) is 0. The molecule has 1 N–H and O–H groups in total. The molecule has 1 saturated carbocycles. The Balaban J connectivity index is 1.76. The summed E-state index contributed by atoms with van der Waals surface area (Å²) >= 11 is 0. The third-order valence-electron chi connectivity index (χ3n) is 3.88. The Hall–Kier alpha value is -0.760. The van der Waals surface area contributed by atoms with E-state index in [9.17, 15) is 0 Å². The van der Waals surface area contributed by atoms with Crippen LogP contribution in [-0.2, 0) is 13.6 Å². The lowest BCUT2D eigenvalue weighted by atomic mass is 9.84. The maximum Gasteiger partial charge on any atom is 0.0223 e. The quantitative estimate of drug-likeness (QED) is 0.825. The number of nitrogens with zero attached hydrogens (tertiary/aromatic N) is 1. The van der Waals surface area contributed by atoms with Crippen LogP contribution in [0.2, 0.25) is 0 Å². The summed E-state index contributed by atoms with van der Waals surface area (Å²) in [6.45, 7) is 3.36. The van der Waals surface area contributed by atoms with Crippen molar-refractivity contribution < 1.29 is 0 Å². The maximum absolute atomic E-state index is 3.67. The Kier molecular flexibility index (Phi) is 4.05. The second-order valence-corrected chi connectivity index (χ2v) is 5.25. The van der Waals surface area contributed by atoms with Gasteiger partial charge in [-0.25, -0.2) is 0 Å². The van der Waals surface area contributed by atoms with E-state index in [4.69, 9.17) is 0 Å². The fourth-order valence-electron chi connectivity index (χ4n) is 2.75. The van der Waals surface area contributed by atoms with Crippen molar-refractivity contribution in [1.82, 2.24) is 9.88 Å². The Morgan fingerprint density at radius 3 is 2.75 bits per heavy atom. The number of nitrogens with one attached hydrogen (secondary N) is 1. The van der Waals surface area contributed by atoms with Gasteiger partial charge in [0.25, 0.3) is 0 Å². The van der Waals surface area contributed by atoms with E-state index in [0.717, 1.165) is 12.5 Å². The summed E-state index contributed by atoms with van der Waals surface area (Å²) in [7, 11) is 2.08. The van der Waals surface area contributed by atoms with E-state index in [0.29, 0.717) is 6.04 Å². The maximum atomic E-state index is 3.67. The summed E-state index contributed by atoms with van der Waals surface area (Å²) in [5.41, 5.74) is 1.39. The number of aromatic nitrogens is 1. The van der Waals surface area contributed by atoms with E-state index >= 15 is 0 Å². The molecule has 1 fully saturated rings. The van der Waals surface area contributed by atoms with Crippen molar-refractivity contribution in [3.63, 3.8) is 0 Å². The highest BCUT2D eigenvalue weighted by Crippen LogP contribution is 2.26. The molecule has 0 aromatic carbocycles. The van der Waals surface area contributed by atoms with Gasteiger partial charge in [-0.15, -0.1) is 0 Å². The highest BCUT2D eigenvalue weighted by atomic mass is 14.9.